The van der Waals surface area contributed by atoms with E-state index in [1.807, 2.05) is 6.92 Å². The first-order valence-electron chi connectivity index (χ1n) is 10.4. The van der Waals surface area contributed by atoms with E-state index in [0.29, 0.717) is 17.2 Å². The van der Waals surface area contributed by atoms with Gasteiger partial charge >= 0.3 is 6.09 Å². The Kier molecular flexibility index (Phi) is 5.37. The molecule has 1 aliphatic carbocycles. The minimum atomic E-state index is -1.57. The van der Waals surface area contributed by atoms with Gasteiger partial charge in [-0.15, -0.1) is 0 Å². The van der Waals surface area contributed by atoms with Gasteiger partial charge in [0, 0.05) is 24.9 Å². The molecule has 3 atom stereocenters. The molecule has 0 spiro atoms. The number of methoxy groups -OCH3 is 1. The van der Waals surface area contributed by atoms with Crippen LogP contribution in [0, 0.1) is 5.82 Å². The van der Waals surface area contributed by atoms with Crippen LogP contribution in [0.25, 0.3) is 5.65 Å². The van der Waals surface area contributed by atoms with Gasteiger partial charge in [-0.3, -0.25) is 9.50 Å². The van der Waals surface area contributed by atoms with E-state index in [4.69, 9.17) is 14.2 Å². The number of alkyl carbamates (subject to hydrolysis) is 1. The number of H-pyrrole nitrogens is 1. The van der Waals surface area contributed by atoms with E-state index in [1.54, 1.807) is 12.3 Å². The molecular formula is C20H23F2N7O4. The molecule has 1 amide bonds. The number of carbonyl (C=O) groups is 1. The molecule has 176 valence electrons. The number of nitrogens with zero attached hydrogens (tertiary/aromatic N) is 4. The van der Waals surface area contributed by atoms with Crippen molar-refractivity contribution in [2.75, 3.05) is 19.0 Å². The predicted molar refractivity (Wildman–Crippen MR) is 110 cm³/mol. The van der Waals surface area contributed by atoms with E-state index in [2.05, 4.69) is 30.8 Å². The number of rotatable bonds is 7. The lowest BCUT2D eigenvalue weighted by atomic mass is 10.1. The van der Waals surface area contributed by atoms with Crippen molar-refractivity contribution in [2.45, 2.75) is 50.3 Å². The minimum Gasteiger partial charge on any atom is -0.441 e. The van der Waals surface area contributed by atoms with Crippen LogP contribution in [0.4, 0.5) is 25.3 Å². The third-order valence-corrected chi connectivity index (χ3v) is 5.68. The molecule has 1 aliphatic heterocycles. The summed E-state index contributed by atoms with van der Waals surface area (Å²) in [5, 5.41) is 12.5. The standard InChI is InChI=1S/C20H23F2N7O4/c1-20(3-4-20)26-19(30)33-13-9-32-16(15(13)22)12-5-14(28-27-12)25-18-23-6-11(21)17-24-10(8-31-2)7-29(17)18/h5-7,13,15-16H,3-4,8-9H2,1-2H3,(H,26,30)(H2,23,25,27,28)/t13-,15-,16-/m1/s1. The number of anilines is 2. The predicted octanol–water partition coefficient (Wildman–Crippen LogP) is 2.54. The van der Waals surface area contributed by atoms with Gasteiger partial charge < -0.3 is 24.8 Å². The molecule has 3 aromatic heterocycles. The van der Waals surface area contributed by atoms with E-state index >= 15 is 0 Å². The Balaban J connectivity index is 1.27. The van der Waals surface area contributed by atoms with Crippen LogP contribution in [-0.4, -0.2) is 62.2 Å². The topological polar surface area (TPSA) is 128 Å². The highest BCUT2D eigenvalue weighted by Crippen LogP contribution is 2.36. The van der Waals surface area contributed by atoms with Crippen molar-refractivity contribution in [3.05, 3.63) is 35.7 Å². The molecule has 0 unspecified atom stereocenters. The van der Waals surface area contributed by atoms with Gasteiger partial charge in [0.25, 0.3) is 0 Å². The normalized spacial score (nSPS) is 23.6. The van der Waals surface area contributed by atoms with Crippen molar-refractivity contribution in [3.8, 4) is 0 Å². The number of halogens is 2. The minimum absolute atomic E-state index is 0.0742. The van der Waals surface area contributed by atoms with Gasteiger partial charge in [-0.2, -0.15) is 5.10 Å². The molecule has 3 aromatic rings. The highest BCUT2D eigenvalue weighted by molar-refractivity contribution is 5.69. The molecule has 3 N–H and O–H groups in total. The van der Waals surface area contributed by atoms with Crippen molar-refractivity contribution >= 4 is 23.5 Å². The summed E-state index contributed by atoms with van der Waals surface area (Å²) in [6.45, 7) is 2.04. The number of ether oxygens (including phenoxy) is 3. The quantitative estimate of drug-likeness (QED) is 0.488. The van der Waals surface area contributed by atoms with Crippen LogP contribution in [0.2, 0.25) is 0 Å². The van der Waals surface area contributed by atoms with Crippen LogP contribution >= 0.6 is 0 Å². The first-order chi connectivity index (χ1) is 15.8. The average molecular weight is 463 g/mol. The summed E-state index contributed by atoms with van der Waals surface area (Å²) in [6.07, 6.45) is 0.147. The third kappa shape index (κ3) is 4.33. The molecule has 13 heteroatoms. The smallest absolute Gasteiger partial charge is 0.408 e. The van der Waals surface area contributed by atoms with Gasteiger partial charge in [0.05, 0.1) is 30.8 Å². The summed E-state index contributed by atoms with van der Waals surface area (Å²) >= 11 is 0. The van der Waals surface area contributed by atoms with Crippen molar-refractivity contribution in [1.29, 1.82) is 0 Å². The van der Waals surface area contributed by atoms with Crippen molar-refractivity contribution < 1.29 is 27.8 Å². The van der Waals surface area contributed by atoms with E-state index in [0.717, 1.165) is 19.0 Å². The number of imidazole rings is 1. The number of amides is 1. The number of aromatic amines is 1. The fourth-order valence-electron chi connectivity index (χ4n) is 3.63. The number of alkyl halides is 1. The zero-order chi connectivity index (χ0) is 23.2. The van der Waals surface area contributed by atoms with Crippen molar-refractivity contribution in [2.24, 2.45) is 0 Å². The molecule has 33 heavy (non-hydrogen) atoms. The van der Waals surface area contributed by atoms with Gasteiger partial charge in [-0.05, 0) is 19.8 Å². The van der Waals surface area contributed by atoms with E-state index in [-0.39, 0.29) is 30.3 Å². The largest absolute Gasteiger partial charge is 0.441 e. The fourth-order valence-corrected chi connectivity index (χ4v) is 3.63. The number of carbonyl (C=O) groups excluding carboxylic acids is 1. The van der Waals surface area contributed by atoms with Crippen LogP contribution in [0.5, 0.6) is 0 Å². The first-order valence-corrected chi connectivity index (χ1v) is 10.4. The van der Waals surface area contributed by atoms with Crippen LogP contribution < -0.4 is 10.6 Å². The zero-order valence-electron chi connectivity index (χ0n) is 18.0. The van der Waals surface area contributed by atoms with E-state index in [9.17, 15) is 13.6 Å². The summed E-state index contributed by atoms with van der Waals surface area (Å²) in [6, 6.07) is 1.55. The Morgan fingerprint density at radius 2 is 2.27 bits per heavy atom. The lowest BCUT2D eigenvalue weighted by Crippen LogP contribution is -2.39. The molecular weight excluding hydrogens is 440 g/mol. The summed E-state index contributed by atoms with van der Waals surface area (Å²) < 4.78 is 46.2. The van der Waals surface area contributed by atoms with Gasteiger partial charge in [0.2, 0.25) is 5.95 Å². The van der Waals surface area contributed by atoms with Crippen LogP contribution in [-0.2, 0) is 20.8 Å². The van der Waals surface area contributed by atoms with Crippen LogP contribution in [0.1, 0.15) is 37.3 Å². The Hall–Kier alpha value is -3.32. The Morgan fingerprint density at radius 3 is 3.03 bits per heavy atom. The molecule has 1 saturated carbocycles. The van der Waals surface area contributed by atoms with Gasteiger partial charge in [0.15, 0.2) is 29.6 Å². The van der Waals surface area contributed by atoms with Gasteiger partial charge in [0.1, 0.15) is 6.10 Å². The van der Waals surface area contributed by atoms with Crippen LogP contribution in [0.3, 0.4) is 0 Å². The monoisotopic (exact) mass is 463 g/mol. The number of hydrogen-bond acceptors (Lipinski definition) is 8. The van der Waals surface area contributed by atoms with Crippen molar-refractivity contribution in [3.63, 3.8) is 0 Å². The van der Waals surface area contributed by atoms with Crippen molar-refractivity contribution in [1.82, 2.24) is 29.9 Å². The Labute approximate surface area is 186 Å². The van der Waals surface area contributed by atoms with Crippen LogP contribution in [0.15, 0.2) is 18.5 Å². The fraction of sp³-hybridized carbons (Fsp3) is 0.500. The third-order valence-electron chi connectivity index (χ3n) is 5.68. The lowest BCUT2D eigenvalue weighted by molar-refractivity contribution is 0.0604. The lowest BCUT2D eigenvalue weighted by Gasteiger charge is -2.17. The summed E-state index contributed by atoms with van der Waals surface area (Å²) in [4.78, 5) is 20.2. The maximum atomic E-state index is 14.9. The first kappa shape index (κ1) is 21.5. The maximum Gasteiger partial charge on any atom is 0.408 e. The number of nitrogens with one attached hydrogen (secondary N) is 3. The number of fused-ring (bicyclic) bond motifs is 1. The Bertz CT molecular complexity index is 1180. The molecule has 0 bridgehead atoms. The van der Waals surface area contributed by atoms with E-state index < -0.39 is 30.3 Å². The van der Waals surface area contributed by atoms with Gasteiger partial charge in [-0.25, -0.2) is 23.5 Å². The number of hydrogen-bond donors (Lipinski definition) is 3. The molecule has 4 heterocycles. The molecule has 11 nitrogen and oxygen atoms in total. The second kappa shape index (κ2) is 8.23. The molecule has 0 radical (unpaired) electrons. The molecule has 0 aromatic carbocycles. The molecule has 2 fully saturated rings. The second-order valence-corrected chi connectivity index (χ2v) is 8.45. The SMILES string of the molecule is COCc1cn2c(Nc3cc([C@H]4OC[C@@H](OC(=O)NC5(C)CC5)[C@H]4F)[nH]n3)ncc(F)c2n1. The summed E-state index contributed by atoms with van der Waals surface area (Å²) in [5.74, 6) is -0.0159. The Morgan fingerprint density at radius 1 is 1.45 bits per heavy atom. The second-order valence-electron chi connectivity index (χ2n) is 8.45. The molecule has 2 aliphatic rings. The highest BCUT2D eigenvalue weighted by atomic mass is 19.1. The maximum absolute atomic E-state index is 14.9. The van der Waals surface area contributed by atoms with E-state index in [1.165, 1.54) is 11.5 Å². The highest BCUT2D eigenvalue weighted by Gasteiger charge is 2.44. The molecule has 1 saturated heterocycles. The average Bonchev–Trinajstić information content (AvgIpc) is 3.15. The summed E-state index contributed by atoms with van der Waals surface area (Å²) in [7, 11) is 1.52. The summed E-state index contributed by atoms with van der Waals surface area (Å²) in [5.41, 5.74) is 0.706. The zero-order valence-corrected chi connectivity index (χ0v) is 18.0. The van der Waals surface area contributed by atoms with Gasteiger partial charge in [-0.1, -0.05) is 0 Å². The number of aromatic nitrogens is 5. The molecule has 5 rings (SSSR count).